The Bertz CT molecular complexity index is 517. The molecule has 0 aromatic carbocycles. The zero-order chi connectivity index (χ0) is 12.4. The molecule has 0 aliphatic carbocycles. The first-order chi connectivity index (χ1) is 8.09. The minimum atomic E-state index is -1.21. The highest BCUT2D eigenvalue weighted by Gasteiger charge is 2.20. The normalized spacial score (nSPS) is 10.4. The van der Waals surface area contributed by atoms with Crippen molar-refractivity contribution in [3.63, 3.8) is 0 Å². The smallest absolute Gasteiger partial charge is 0.372 e. The zero-order valence-corrected chi connectivity index (χ0v) is 9.06. The fourth-order valence-electron chi connectivity index (χ4n) is 1.19. The van der Waals surface area contributed by atoms with Gasteiger partial charge in [0.2, 0.25) is 11.5 Å². The number of aromatic carboxylic acids is 2. The van der Waals surface area contributed by atoms with E-state index in [1.54, 1.807) is 0 Å². The highest BCUT2D eigenvalue weighted by atomic mass is 32.2. The fraction of sp³-hybridized carbons (Fsp3) is 0. The van der Waals surface area contributed by atoms with E-state index < -0.39 is 11.9 Å². The molecule has 6 nitrogen and oxygen atoms in total. The van der Waals surface area contributed by atoms with Crippen molar-refractivity contribution < 1.29 is 28.6 Å². The van der Waals surface area contributed by atoms with Crippen molar-refractivity contribution in [3.8, 4) is 0 Å². The molecule has 2 rings (SSSR count). The third-order valence-electron chi connectivity index (χ3n) is 1.87. The molecule has 2 heterocycles. The van der Waals surface area contributed by atoms with Gasteiger partial charge in [-0.1, -0.05) is 11.8 Å². The lowest BCUT2D eigenvalue weighted by Gasteiger charge is -1.97. The van der Waals surface area contributed by atoms with Gasteiger partial charge in [0.15, 0.2) is 0 Å². The van der Waals surface area contributed by atoms with Crippen molar-refractivity contribution in [2.75, 3.05) is 0 Å². The van der Waals surface area contributed by atoms with E-state index in [1.165, 1.54) is 24.7 Å². The third-order valence-corrected chi connectivity index (χ3v) is 2.95. The molecule has 0 saturated carbocycles. The Balaban J connectivity index is 2.32. The standard InChI is InChI=1S/C10H6O6S/c11-9(12)7-5(1-3-15-7)17-6-2-4-16-8(6)10(13)14/h1-4H,(H,11,12)(H,13,14). The van der Waals surface area contributed by atoms with Crippen LogP contribution in [0, 0.1) is 0 Å². The molecule has 0 unspecified atom stereocenters. The Hall–Kier alpha value is -2.15. The highest BCUT2D eigenvalue weighted by molar-refractivity contribution is 7.99. The Morgan fingerprint density at radius 1 is 0.941 bits per heavy atom. The van der Waals surface area contributed by atoms with Gasteiger partial charge < -0.3 is 19.0 Å². The van der Waals surface area contributed by atoms with Gasteiger partial charge in [-0.3, -0.25) is 0 Å². The maximum atomic E-state index is 10.8. The van der Waals surface area contributed by atoms with Crippen molar-refractivity contribution in [1.82, 2.24) is 0 Å². The summed E-state index contributed by atoms with van der Waals surface area (Å²) in [6.45, 7) is 0. The third kappa shape index (κ3) is 2.18. The van der Waals surface area contributed by atoms with Gasteiger partial charge in [-0.25, -0.2) is 9.59 Å². The van der Waals surface area contributed by atoms with E-state index in [0.29, 0.717) is 9.79 Å². The molecular weight excluding hydrogens is 248 g/mol. The first kappa shape index (κ1) is 11.3. The number of hydrogen-bond donors (Lipinski definition) is 2. The molecule has 0 aliphatic heterocycles. The van der Waals surface area contributed by atoms with Crippen LogP contribution in [0.3, 0.4) is 0 Å². The summed E-state index contributed by atoms with van der Waals surface area (Å²) in [4.78, 5) is 22.2. The maximum Gasteiger partial charge on any atom is 0.372 e. The van der Waals surface area contributed by atoms with Crippen LogP contribution < -0.4 is 0 Å². The van der Waals surface area contributed by atoms with Gasteiger partial charge in [0.1, 0.15) is 0 Å². The molecule has 0 radical (unpaired) electrons. The molecule has 0 atom stereocenters. The SMILES string of the molecule is O=C(O)c1occc1Sc1ccoc1C(=O)O. The predicted molar refractivity (Wildman–Crippen MR) is 55.5 cm³/mol. The lowest BCUT2D eigenvalue weighted by atomic mass is 10.4. The van der Waals surface area contributed by atoms with Crippen molar-refractivity contribution in [1.29, 1.82) is 0 Å². The van der Waals surface area contributed by atoms with E-state index in [9.17, 15) is 9.59 Å². The monoisotopic (exact) mass is 254 g/mol. The average molecular weight is 254 g/mol. The zero-order valence-electron chi connectivity index (χ0n) is 8.25. The maximum absolute atomic E-state index is 10.8. The van der Waals surface area contributed by atoms with Gasteiger partial charge >= 0.3 is 11.9 Å². The average Bonchev–Trinajstić information content (AvgIpc) is 2.86. The number of furan rings is 2. The number of hydrogen-bond acceptors (Lipinski definition) is 5. The molecule has 0 saturated heterocycles. The van der Waals surface area contributed by atoms with E-state index in [4.69, 9.17) is 19.0 Å². The van der Waals surface area contributed by atoms with Gasteiger partial charge in [-0.15, -0.1) is 0 Å². The summed E-state index contributed by atoms with van der Waals surface area (Å²) >= 11 is 0.962. The van der Waals surface area contributed by atoms with E-state index >= 15 is 0 Å². The van der Waals surface area contributed by atoms with Gasteiger partial charge in [0.25, 0.3) is 0 Å². The molecular formula is C10H6O6S. The molecule has 0 spiro atoms. The van der Waals surface area contributed by atoms with Crippen molar-refractivity contribution in [3.05, 3.63) is 36.2 Å². The quantitative estimate of drug-likeness (QED) is 0.863. The first-order valence-corrected chi connectivity index (χ1v) is 5.20. The second kappa shape index (κ2) is 4.38. The van der Waals surface area contributed by atoms with Crippen molar-refractivity contribution in [2.24, 2.45) is 0 Å². The summed E-state index contributed by atoms with van der Waals surface area (Å²) in [7, 11) is 0. The number of rotatable bonds is 4. The summed E-state index contributed by atoms with van der Waals surface area (Å²) in [6.07, 6.45) is 2.46. The van der Waals surface area contributed by atoms with Crippen LogP contribution in [0.25, 0.3) is 0 Å². The summed E-state index contributed by atoms with van der Waals surface area (Å²) in [5.41, 5.74) is 0. The van der Waals surface area contributed by atoms with Gasteiger partial charge in [-0.2, -0.15) is 0 Å². The molecule has 0 fully saturated rings. The lowest BCUT2D eigenvalue weighted by molar-refractivity contribution is 0.0648. The molecule has 2 aromatic heterocycles. The van der Waals surface area contributed by atoms with Crippen LogP contribution >= 0.6 is 11.8 Å². The Kier molecular flexibility index (Phi) is 2.92. The molecule has 0 amide bonds. The van der Waals surface area contributed by atoms with Gasteiger partial charge in [0.05, 0.1) is 22.3 Å². The van der Waals surface area contributed by atoms with Crippen LogP contribution in [0.2, 0.25) is 0 Å². The van der Waals surface area contributed by atoms with E-state index in [1.807, 2.05) is 0 Å². The van der Waals surface area contributed by atoms with Crippen molar-refractivity contribution in [2.45, 2.75) is 9.79 Å². The summed E-state index contributed by atoms with van der Waals surface area (Å²) in [6, 6.07) is 2.90. The molecule has 0 aliphatic rings. The molecule has 2 aromatic rings. The van der Waals surface area contributed by atoms with E-state index in [0.717, 1.165) is 11.8 Å². The van der Waals surface area contributed by atoms with Crippen LogP contribution in [0.4, 0.5) is 0 Å². The van der Waals surface area contributed by atoms with Gasteiger partial charge in [-0.05, 0) is 12.1 Å². The minimum absolute atomic E-state index is 0.229. The molecule has 0 bridgehead atoms. The Morgan fingerprint density at radius 2 is 1.35 bits per heavy atom. The number of carboxylic acid groups (broad SMARTS) is 2. The summed E-state index contributed by atoms with van der Waals surface area (Å²) in [5, 5.41) is 17.6. The van der Waals surface area contributed by atoms with Crippen LogP contribution in [0.15, 0.2) is 43.3 Å². The molecule has 2 N–H and O–H groups in total. The van der Waals surface area contributed by atoms with Crippen LogP contribution in [0.1, 0.15) is 21.1 Å². The fourth-order valence-corrected chi connectivity index (χ4v) is 2.13. The predicted octanol–water partition coefficient (Wildman–Crippen LogP) is 2.42. The summed E-state index contributed by atoms with van der Waals surface area (Å²) < 4.78 is 9.55. The highest BCUT2D eigenvalue weighted by Crippen LogP contribution is 2.34. The lowest BCUT2D eigenvalue weighted by Crippen LogP contribution is -1.97. The number of carbonyl (C=O) groups is 2. The van der Waals surface area contributed by atoms with E-state index in [-0.39, 0.29) is 11.5 Å². The topological polar surface area (TPSA) is 101 Å². The van der Waals surface area contributed by atoms with Crippen LogP contribution in [0.5, 0.6) is 0 Å². The second-order valence-electron chi connectivity index (χ2n) is 2.94. The number of carboxylic acids is 2. The van der Waals surface area contributed by atoms with Gasteiger partial charge in [0, 0.05) is 0 Å². The van der Waals surface area contributed by atoms with E-state index in [2.05, 4.69) is 0 Å². The largest absolute Gasteiger partial charge is 0.475 e. The van der Waals surface area contributed by atoms with Crippen LogP contribution in [-0.4, -0.2) is 22.2 Å². The van der Waals surface area contributed by atoms with Crippen LogP contribution in [-0.2, 0) is 0 Å². The second-order valence-corrected chi connectivity index (χ2v) is 4.02. The Morgan fingerprint density at radius 3 is 1.71 bits per heavy atom. The van der Waals surface area contributed by atoms with Crippen molar-refractivity contribution >= 4 is 23.7 Å². The minimum Gasteiger partial charge on any atom is -0.475 e. The Labute approximate surface area is 98.8 Å². The molecule has 88 valence electrons. The summed E-state index contributed by atoms with van der Waals surface area (Å²) in [5.74, 6) is -2.88. The first-order valence-electron chi connectivity index (χ1n) is 4.39. The molecule has 17 heavy (non-hydrogen) atoms. The molecule has 7 heteroatoms.